The molecule has 0 fully saturated rings. The summed E-state index contributed by atoms with van der Waals surface area (Å²) in [7, 11) is 0. The Hall–Kier alpha value is -4.93. The molecular formula is C31H31N5O6. The molecule has 4 aromatic rings. The summed E-state index contributed by atoms with van der Waals surface area (Å²) in [6, 6.07) is 11.9. The first-order chi connectivity index (χ1) is 20.1. The van der Waals surface area contributed by atoms with E-state index in [4.69, 9.17) is 14.2 Å². The lowest BCUT2D eigenvalue weighted by Crippen LogP contribution is -2.30. The Kier molecular flexibility index (Phi) is 6.80. The monoisotopic (exact) mass is 569 g/mol. The molecule has 216 valence electrons. The largest absolute Gasteiger partial charge is 0.456 e. The molecule has 2 aromatic heterocycles. The van der Waals surface area contributed by atoms with Crippen LogP contribution in [0.2, 0.25) is 0 Å². The molecule has 0 radical (unpaired) electrons. The third-order valence-corrected chi connectivity index (χ3v) is 7.33. The number of rotatable bonds is 6. The van der Waals surface area contributed by atoms with Crippen molar-refractivity contribution >= 4 is 23.4 Å². The van der Waals surface area contributed by atoms with E-state index < -0.39 is 11.5 Å². The van der Waals surface area contributed by atoms with Gasteiger partial charge in [0.25, 0.3) is 11.8 Å². The zero-order valence-electron chi connectivity index (χ0n) is 23.8. The summed E-state index contributed by atoms with van der Waals surface area (Å²) in [5, 5.41) is 10.2. The zero-order chi connectivity index (χ0) is 29.6. The lowest BCUT2D eigenvalue weighted by molar-refractivity contribution is 0.00683. The number of aromatic nitrogens is 3. The molecule has 1 aliphatic carbocycles. The van der Waals surface area contributed by atoms with Gasteiger partial charge in [-0.1, -0.05) is 12.1 Å². The molecule has 0 saturated heterocycles. The summed E-state index contributed by atoms with van der Waals surface area (Å²) in [6.45, 7) is 7.83. The van der Waals surface area contributed by atoms with Gasteiger partial charge in [-0.05, 0) is 81.0 Å². The Morgan fingerprint density at radius 2 is 1.86 bits per heavy atom. The predicted molar refractivity (Wildman–Crippen MR) is 152 cm³/mol. The lowest BCUT2D eigenvalue weighted by atomic mass is 9.97. The van der Waals surface area contributed by atoms with Gasteiger partial charge >= 0.3 is 5.97 Å². The minimum Gasteiger partial charge on any atom is -0.456 e. The summed E-state index contributed by atoms with van der Waals surface area (Å²) in [4.78, 5) is 43.8. The molecule has 42 heavy (non-hydrogen) atoms. The third kappa shape index (κ3) is 5.25. The molecule has 2 aliphatic rings. The van der Waals surface area contributed by atoms with E-state index in [1.807, 2.05) is 45.9 Å². The molecule has 0 bridgehead atoms. The van der Waals surface area contributed by atoms with E-state index in [0.29, 0.717) is 35.6 Å². The van der Waals surface area contributed by atoms with E-state index in [1.54, 1.807) is 18.2 Å². The number of hydrogen-bond donors (Lipinski definition) is 2. The van der Waals surface area contributed by atoms with Crippen molar-refractivity contribution in [3.05, 3.63) is 87.9 Å². The van der Waals surface area contributed by atoms with Crippen LogP contribution in [0.5, 0.6) is 11.5 Å². The van der Waals surface area contributed by atoms with Crippen LogP contribution in [0.25, 0.3) is 5.65 Å². The van der Waals surface area contributed by atoms with E-state index in [9.17, 15) is 14.4 Å². The van der Waals surface area contributed by atoms with Crippen LogP contribution < -0.4 is 20.1 Å². The average Bonchev–Trinajstić information content (AvgIpc) is 3.70. The fourth-order valence-electron chi connectivity index (χ4n) is 5.33. The molecule has 1 atom stereocenters. The van der Waals surface area contributed by atoms with Crippen LogP contribution in [0, 0.1) is 6.92 Å². The Bertz CT molecular complexity index is 1740. The second-order valence-electron chi connectivity index (χ2n) is 11.4. The second kappa shape index (κ2) is 10.5. The molecule has 0 spiro atoms. The number of fused-ring (bicyclic) bond motifs is 3. The average molecular weight is 570 g/mol. The van der Waals surface area contributed by atoms with Gasteiger partial charge in [-0.15, -0.1) is 0 Å². The van der Waals surface area contributed by atoms with Crippen LogP contribution in [0.4, 0.5) is 0 Å². The third-order valence-electron chi connectivity index (χ3n) is 7.33. The molecule has 0 unspecified atom stereocenters. The summed E-state index contributed by atoms with van der Waals surface area (Å²) in [5.74, 6) is 0.114. The smallest absolute Gasteiger partial charge is 0.338 e. The van der Waals surface area contributed by atoms with Crippen LogP contribution in [-0.2, 0) is 17.7 Å². The van der Waals surface area contributed by atoms with Gasteiger partial charge in [-0.2, -0.15) is 5.10 Å². The lowest BCUT2D eigenvalue weighted by Gasteiger charge is -2.21. The summed E-state index contributed by atoms with van der Waals surface area (Å²) >= 11 is 0. The molecule has 11 nitrogen and oxygen atoms in total. The van der Waals surface area contributed by atoms with Gasteiger partial charge < -0.3 is 24.8 Å². The van der Waals surface area contributed by atoms with Crippen LogP contribution in [-0.4, -0.2) is 44.8 Å². The maximum atomic E-state index is 13.6. The van der Waals surface area contributed by atoms with Crippen molar-refractivity contribution in [1.29, 1.82) is 0 Å². The predicted octanol–water partition coefficient (Wildman–Crippen LogP) is 4.07. The van der Waals surface area contributed by atoms with Crippen molar-refractivity contribution < 1.29 is 28.6 Å². The Morgan fingerprint density at radius 3 is 2.67 bits per heavy atom. The highest BCUT2D eigenvalue weighted by molar-refractivity contribution is 5.98. The van der Waals surface area contributed by atoms with E-state index in [2.05, 4.69) is 20.7 Å². The minimum atomic E-state index is -0.594. The number of esters is 1. The van der Waals surface area contributed by atoms with Gasteiger partial charge in [-0.25, -0.2) is 14.3 Å². The molecule has 2 aromatic carbocycles. The SMILES string of the molecule is Cc1c(C(=O)OC(C)(C)C)ccc2c1CC[C@@H]2NC(=O)c1cc(C(=O)NCc2ccc3c(c2)OCO3)nc2ccnn12. The quantitative estimate of drug-likeness (QED) is 0.332. The maximum Gasteiger partial charge on any atom is 0.338 e. The zero-order valence-corrected chi connectivity index (χ0v) is 23.8. The number of nitrogens with one attached hydrogen (secondary N) is 2. The highest BCUT2D eigenvalue weighted by Gasteiger charge is 2.30. The first-order valence-corrected chi connectivity index (χ1v) is 13.8. The van der Waals surface area contributed by atoms with Gasteiger partial charge in [0, 0.05) is 18.7 Å². The van der Waals surface area contributed by atoms with E-state index >= 15 is 0 Å². The molecule has 0 saturated carbocycles. The fraction of sp³-hybridized carbons (Fsp3) is 0.323. The number of amides is 2. The minimum absolute atomic E-state index is 0.0959. The van der Waals surface area contributed by atoms with Crippen LogP contribution in [0.1, 0.15) is 86.8 Å². The normalized spacial score (nSPS) is 15.4. The number of carbonyl (C=O) groups is 3. The maximum absolute atomic E-state index is 13.6. The second-order valence-corrected chi connectivity index (χ2v) is 11.4. The Labute approximate surface area is 242 Å². The van der Waals surface area contributed by atoms with Crippen molar-refractivity contribution in [3.63, 3.8) is 0 Å². The highest BCUT2D eigenvalue weighted by atomic mass is 16.7. The van der Waals surface area contributed by atoms with Crippen molar-refractivity contribution in [1.82, 2.24) is 25.2 Å². The summed E-state index contributed by atoms with van der Waals surface area (Å²) < 4.78 is 17.7. The van der Waals surface area contributed by atoms with Crippen molar-refractivity contribution in [2.75, 3.05) is 6.79 Å². The molecule has 11 heteroatoms. The number of ether oxygens (including phenoxy) is 3. The molecule has 3 heterocycles. The first-order valence-electron chi connectivity index (χ1n) is 13.8. The topological polar surface area (TPSA) is 133 Å². The molecule has 6 rings (SSSR count). The van der Waals surface area contributed by atoms with Crippen molar-refractivity contribution in [2.24, 2.45) is 0 Å². The number of carbonyl (C=O) groups excluding carboxylic acids is 3. The van der Waals surface area contributed by atoms with Crippen molar-refractivity contribution in [3.8, 4) is 11.5 Å². The molecule has 2 N–H and O–H groups in total. The number of hydrogen-bond acceptors (Lipinski definition) is 8. The van der Waals surface area contributed by atoms with E-state index in [1.165, 1.54) is 16.8 Å². The van der Waals surface area contributed by atoms with Gasteiger partial charge in [-0.3, -0.25) is 9.59 Å². The van der Waals surface area contributed by atoms with Crippen LogP contribution in [0.15, 0.2) is 48.7 Å². The van der Waals surface area contributed by atoms with Gasteiger partial charge in [0.1, 0.15) is 17.0 Å². The van der Waals surface area contributed by atoms with E-state index in [-0.39, 0.29) is 42.6 Å². The standard InChI is InChI=1S/C31H31N5O6/c1-17-19-8-9-22(21(19)7-6-20(17)30(39)42-31(2,3)4)35-29(38)24-14-23(34-27-11-12-33-36(24)27)28(37)32-15-18-5-10-25-26(13-18)41-16-40-25/h5-7,10-14,22H,8-9,15-16H2,1-4H3,(H,32,37)(H,35,38)/t22-/m0/s1. The fourth-order valence-corrected chi connectivity index (χ4v) is 5.33. The van der Waals surface area contributed by atoms with Gasteiger partial charge in [0.2, 0.25) is 6.79 Å². The van der Waals surface area contributed by atoms with Gasteiger partial charge in [0.05, 0.1) is 17.8 Å². The van der Waals surface area contributed by atoms with Crippen LogP contribution >= 0.6 is 0 Å². The Balaban J connectivity index is 1.19. The number of benzene rings is 2. The molecule has 1 aliphatic heterocycles. The van der Waals surface area contributed by atoms with Crippen molar-refractivity contribution in [2.45, 2.75) is 58.7 Å². The molecule has 2 amide bonds. The molecular weight excluding hydrogens is 538 g/mol. The Morgan fingerprint density at radius 1 is 1.05 bits per heavy atom. The number of nitrogens with zero attached hydrogens (tertiary/aromatic N) is 3. The van der Waals surface area contributed by atoms with Crippen LogP contribution in [0.3, 0.4) is 0 Å². The first kappa shape index (κ1) is 27.3. The highest BCUT2D eigenvalue weighted by Crippen LogP contribution is 2.35. The van der Waals surface area contributed by atoms with E-state index in [0.717, 1.165) is 22.3 Å². The summed E-state index contributed by atoms with van der Waals surface area (Å²) in [5.41, 5.74) is 4.28. The summed E-state index contributed by atoms with van der Waals surface area (Å²) in [6.07, 6.45) is 2.92. The van der Waals surface area contributed by atoms with Gasteiger partial charge in [0.15, 0.2) is 17.1 Å².